The van der Waals surface area contributed by atoms with Gasteiger partial charge in [-0.1, -0.05) is 0 Å². The maximum atomic E-state index is 5.97. The molecule has 0 aliphatic rings. The van der Waals surface area contributed by atoms with Gasteiger partial charge in [-0.25, -0.2) is 4.98 Å². The number of hydrogen-bond donors (Lipinski definition) is 1. The minimum absolute atomic E-state index is 0.261. The van der Waals surface area contributed by atoms with E-state index < -0.39 is 0 Å². The number of nitrogens with zero attached hydrogens (tertiary/aromatic N) is 4. The normalized spacial score (nSPS) is 12.3. The summed E-state index contributed by atoms with van der Waals surface area (Å²) in [6.45, 7) is 3.97. The van der Waals surface area contributed by atoms with E-state index in [-0.39, 0.29) is 5.54 Å². The van der Waals surface area contributed by atoms with E-state index in [0.717, 1.165) is 23.4 Å². The molecule has 0 fully saturated rings. The first-order valence-electron chi connectivity index (χ1n) is 4.89. The molecule has 2 aromatic heterocycles. The molecule has 2 rings (SSSR count). The van der Waals surface area contributed by atoms with Crippen molar-refractivity contribution in [2.75, 3.05) is 0 Å². The number of aromatic nitrogens is 4. The third-order valence-electron chi connectivity index (χ3n) is 2.25. The van der Waals surface area contributed by atoms with Crippen LogP contribution >= 0.6 is 0 Å². The average Bonchev–Trinajstić information content (AvgIpc) is 2.42. The Balaban J connectivity index is 2.49. The van der Waals surface area contributed by atoms with Gasteiger partial charge in [0.1, 0.15) is 11.3 Å². The first-order valence-corrected chi connectivity index (χ1v) is 4.89. The van der Waals surface area contributed by atoms with E-state index in [9.17, 15) is 0 Å². The van der Waals surface area contributed by atoms with Gasteiger partial charge >= 0.3 is 0 Å². The molecule has 0 saturated heterocycles. The van der Waals surface area contributed by atoms with Crippen LogP contribution in [0.15, 0.2) is 12.3 Å². The number of rotatable bonds is 2. The Morgan fingerprint density at radius 1 is 1.47 bits per heavy atom. The van der Waals surface area contributed by atoms with Gasteiger partial charge in [0.05, 0.1) is 6.20 Å². The molecule has 80 valence electrons. The maximum Gasteiger partial charge on any atom is 0.182 e. The molecule has 2 N–H and O–H groups in total. The summed E-state index contributed by atoms with van der Waals surface area (Å²) in [4.78, 5) is 4.48. The van der Waals surface area contributed by atoms with Crippen molar-refractivity contribution in [1.82, 2.24) is 19.7 Å². The highest BCUT2D eigenvalue weighted by Gasteiger charge is 2.17. The Morgan fingerprint density at radius 2 is 2.20 bits per heavy atom. The highest BCUT2D eigenvalue weighted by atomic mass is 15.2. The van der Waals surface area contributed by atoms with Gasteiger partial charge in [0.25, 0.3) is 0 Å². The number of nitrogens with two attached hydrogens (primary N) is 1. The van der Waals surface area contributed by atoms with Crippen LogP contribution < -0.4 is 5.73 Å². The monoisotopic (exact) mass is 205 g/mol. The Bertz CT molecular complexity index is 480. The molecule has 0 atom stereocenters. The van der Waals surface area contributed by atoms with Crippen molar-refractivity contribution in [2.24, 2.45) is 12.8 Å². The second-order valence-electron chi connectivity index (χ2n) is 4.49. The lowest BCUT2D eigenvalue weighted by Crippen LogP contribution is -2.35. The summed E-state index contributed by atoms with van der Waals surface area (Å²) in [5.74, 6) is 0.943. The number of imidazole rings is 1. The van der Waals surface area contributed by atoms with Crippen LogP contribution in [-0.4, -0.2) is 25.3 Å². The van der Waals surface area contributed by atoms with E-state index >= 15 is 0 Å². The van der Waals surface area contributed by atoms with Gasteiger partial charge in [-0.15, -0.1) is 5.10 Å². The van der Waals surface area contributed by atoms with E-state index in [4.69, 9.17) is 5.73 Å². The predicted octanol–water partition coefficient (Wildman–Crippen LogP) is 0.643. The summed E-state index contributed by atoms with van der Waals surface area (Å²) >= 11 is 0. The molecule has 0 saturated carbocycles. The van der Waals surface area contributed by atoms with Gasteiger partial charge in [0, 0.05) is 19.0 Å². The van der Waals surface area contributed by atoms with Crippen LogP contribution in [0, 0.1) is 0 Å². The van der Waals surface area contributed by atoms with Crippen molar-refractivity contribution in [1.29, 1.82) is 0 Å². The lowest BCUT2D eigenvalue weighted by Gasteiger charge is -2.17. The molecule has 0 amide bonds. The van der Waals surface area contributed by atoms with E-state index in [2.05, 4.69) is 15.2 Å². The fourth-order valence-electron chi connectivity index (χ4n) is 1.55. The molecule has 0 radical (unpaired) electrons. The van der Waals surface area contributed by atoms with E-state index in [0.29, 0.717) is 0 Å². The molecule has 2 aromatic rings. The first kappa shape index (κ1) is 10.0. The Kier molecular flexibility index (Phi) is 2.19. The van der Waals surface area contributed by atoms with Crippen molar-refractivity contribution in [2.45, 2.75) is 25.8 Å². The predicted molar refractivity (Wildman–Crippen MR) is 58.3 cm³/mol. The number of fused-ring (bicyclic) bond motifs is 1. The van der Waals surface area contributed by atoms with Crippen molar-refractivity contribution in [3.8, 4) is 0 Å². The fourth-order valence-corrected chi connectivity index (χ4v) is 1.55. The SMILES string of the molecule is Cn1c(CC(C)(C)N)nc2ccnnc21. The third kappa shape index (κ3) is 1.97. The standard InChI is InChI=1S/C10H15N5/c1-10(2,11)6-8-13-7-4-5-12-14-9(7)15(8)3/h4-5H,6,11H2,1-3H3. The largest absolute Gasteiger partial charge is 0.325 e. The molecule has 0 aromatic carbocycles. The minimum Gasteiger partial charge on any atom is -0.325 e. The van der Waals surface area contributed by atoms with Crippen molar-refractivity contribution in [3.63, 3.8) is 0 Å². The maximum absolute atomic E-state index is 5.97. The smallest absolute Gasteiger partial charge is 0.182 e. The molecule has 15 heavy (non-hydrogen) atoms. The molecular weight excluding hydrogens is 190 g/mol. The summed E-state index contributed by atoms with van der Waals surface area (Å²) in [6, 6.07) is 1.86. The van der Waals surface area contributed by atoms with Crippen molar-refractivity contribution >= 4 is 11.2 Å². The van der Waals surface area contributed by atoms with Crippen molar-refractivity contribution in [3.05, 3.63) is 18.1 Å². The van der Waals surface area contributed by atoms with Crippen LogP contribution in [0.4, 0.5) is 0 Å². The van der Waals surface area contributed by atoms with Gasteiger partial charge in [-0.05, 0) is 19.9 Å². The lowest BCUT2D eigenvalue weighted by atomic mass is 10.0. The van der Waals surface area contributed by atoms with E-state index in [1.165, 1.54) is 0 Å². The summed E-state index contributed by atoms with van der Waals surface area (Å²) in [7, 11) is 1.94. The number of hydrogen-bond acceptors (Lipinski definition) is 4. The van der Waals surface area contributed by atoms with Crippen molar-refractivity contribution < 1.29 is 0 Å². The van der Waals surface area contributed by atoms with Crippen LogP contribution in [-0.2, 0) is 13.5 Å². The highest BCUT2D eigenvalue weighted by molar-refractivity contribution is 5.70. The van der Waals surface area contributed by atoms with E-state index in [1.54, 1.807) is 6.20 Å². The Morgan fingerprint density at radius 3 is 2.80 bits per heavy atom. The zero-order valence-electron chi connectivity index (χ0n) is 9.23. The first-order chi connectivity index (χ1) is 6.97. The Labute approximate surface area is 88.3 Å². The van der Waals surface area contributed by atoms with Gasteiger partial charge in [-0.3, -0.25) is 0 Å². The molecule has 0 bridgehead atoms. The molecule has 0 unspecified atom stereocenters. The zero-order chi connectivity index (χ0) is 11.1. The van der Waals surface area contributed by atoms with Crippen LogP contribution in [0.1, 0.15) is 19.7 Å². The lowest BCUT2D eigenvalue weighted by molar-refractivity contribution is 0.495. The molecule has 5 nitrogen and oxygen atoms in total. The van der Waals surface area contributed by atoms with Crippen LogP contribution in [0.5, 0.6) is 0 Å². The third-order valence-corrected chi connectivity index (χ3v) is 2.25. The summed E-state index contributed by atoms with van der Waals surface area (Å²) in [6.07, 6.45) is 2.37. The molecule has 5 heteroatoms. The molecule has 0 spiro atoms. The molecular formula is C10H15N5. The summed E-state index contributed by atoms with van der Waals surface area (Å²) < 4.78 is 1.94. The topological polar surface area (TPSA) is 69.6 Å². The number of aryl methyl sites for hydroxylation is 1. The fraction of sp³-hybridized carbons (Fsp3) is 0.500. The summed E-state index contributed by atoms with van der Waals surface area (Å²) in [5.41, 5.74) is 7.38. The zero-order valence-corrected chi connectivity index (χ0v) is 9.23. The minimum atomic E-state index is -0.261. The summed E-state index contributed by atoms with van der Waals surface area (Å²) in [5, 5.41) is 7.88. The molecule has 2 heterocycles. The van der Waals surface area contributed by atoms with Gasteiger partial charge in [-0.2, -0.15) is 5.10 Å². The van der Waals surface area contributed by atoms with Crippen LogP contribution in [0.2, 0.25) is 0 Å². The highest BCUT2D eigenvalue weighted by Crippen LogP contribution is 2.14. The van der Waals surface area contributed by atoms with E-state index in [1.807, 2.05) is 31.5 Å². The van der Waals surface area contributed by atoms with Gasteiger partial charge < -0.3 is 10.3 Å². The average molecular weight is 205 g/mol. The van der Waals surface area contributed by atoms with Gasteiger partial charge in [0.2, 0.25) is 0 Å². The Hall–Kier alpha value is -1.49. The quantitative estimate of drug-likeness (QED) is 0.781. The van der Waals surface area contributed by atoms with Gasteiger partial charge in [0.15, 0.2) is 5.65 Å². The second-order valence-corrected chi connectivity index (χ2v) is 4.49. The van der Waals surface area contributed by atoms with Crippen LogP contribution in [0.3, 0.4) is 0 Å². The van der Waals surface area contributed by atoms with Crippen LogP contribution in [0.25, 0.3) is 11.2 Å². The molecule has 0 aliphatic heterocycles. The molecule has 0 aliphatic carbocycles. The second kappa shape index (κ2) is 3.27.